The second kappa shape index (κ2) is 4.12. The van der Waals surface area contributed by atoms with E-state index in [9.17, 15) is 4.79 Å². The van der Waals surface area contributed by atoms with Gasteiger partial charge in [-0.05, 0) is 18.3 Å². The fraction of sp³-hybridized carbons (Fsp3) is 0.909. The van der Waals surface area contributed by atoms with Crippen LogP contribution in [0.1, 0.15) is 44.9 Å². The van der Waals surface area contributed by atoms with Crippen LogP contribution in [-0.4, -0.2) is 12.5 Å². The van der Waals surface area contributed by atoms with Gasteiger partial charge >= 0.3 is 0 Å². The van der Waals surface area contributed by atoms with Crippen molar-refractivity contribution in [2.45, 2.75) is 44.9 Å². The molecule has 74 valence electrons. The Morgan fingerprint density at radius 3 is 2.46 bits per heavy atom. The molecule has 0 unspecified atom stereocenters. The Bertz CT molecular complexity index is 185. The highest BCUT2D eigenvalue weighted by Gasteiger charge is 2.27. The van der Waals surface area contributed by atoms with E-state index in [1.807, 2.05) is 0 Å². The number of carbonyl (C=O) groups excluding carboxylic acids is 1. The van der Waals surface area contributed by atoms with E-state index in [-0.39, 0.29) is 5.91 Å². The van der Waals surface area contributed by atoms with E-state index in [2.05, 4.69) is 5.32 Å². The van der Waals surface area contributed by atoms with Gasteiger partial charge < -0.3 is 5.32 Å². The molecule has 0 spiro atoms. The van der Waals surface area contributed by atoms with Crippen LogP contribution in [0.25, 0.3) is 0 Å². The van der Waals surface area contributed by atoms with Gasteiger partial charge in [-0.3, -0.25) is 4.79 Å². The largest absolute Gasteiger partial charge is 0.356 e. The topological polar surface area (TPSA) is 29.1 Å². The summed E-state index contributed by atoms with van der Waals surface area (Å²) in [5.74, 6) is 1.84. The van der Waals surface area contributed by atoms with Gasteiger partial charge in [-0.15, -0.1) is 0 Å². The summed E-state index contributed by atoms with van der Waals surface area (Å²) in [5, 5.41) is 2.91. The van der Waals surface area contributed by atoms with Crippen LogP contribution in [0.3, 0.4) is 0 Å². The van der Waals surface area contributed by atoms with Crippen molar-refractivity contribution < 1.29 is 4.79 Å². The molecule has 2 nitrogen and oxygen atoms in total. The Labute approximate surface area is 80.1 Å². The summed E-state index contributed by atoms with van der Waals surface area (Å²) >= 11 is 0. The van der Waals surface area contributed by atoms with Crippen molar-refractivity contribution in [2.24, 2.45) is 11.8 Å². The maximum absolute atomic E-state index is 11.2. The quantitative estimate of drug-likeness (QED) is 0.659. The molecule has 0 aromatic heterocycles. The zero-order chi connectivity index (χ0) is 9.10. The summed E-state index contributed by atoms with van der Waals surface area (Å²) in [6, 6.07) is 0. The molecule has 0 radical (unpaired) electrons. The fourth-order valence-electron chi connectivity index (χ4n) is 2.82. The summed E-state index contributed by atoms with van der Waals surface area (Å²) < 4.78 is 0. The minimum Gasteiger partial charge on any atom is -0.356 e. The predicted molar refractivity (Wildman–Crippen MR) is 52.3 cm³/mol. The number of rotatable bonds is 1. The van der Waals surface area contributed by atoms with Gasteiger partial charge in [0.05, 0.1) is 0 Å². The van der Waals surface area contributed by atoms with Crippen LogP contribution in [-0.2, 0) is 4.79 Å². The Balaban J connectivity index is 1.87. The van der Waals surface area contributed by atoms with Crippen LogP contribution < -0.4 is 5.32 Å². The fourth-order valence-corrected chi connectivity index (χ4v) is 2.82. The molecule has 1 aliphatic carbocycles. The lowest BCUT2D eigenvalue weighted by molar-refractivity contribution is -0.124. The molecule has 1 heterocycles. The van der Waals surface area contributed by atoms with Crippen molar-refractivity contribution in [3.05, 3.63) is 0 Å². The highest BCUT2D eigenvalue weighted by Crippen LogP contribution is 2.34. The number of carbonyl (C=O) groups is 1. The lowest BCUT2D eigenvalue weighted by Gasteiger charge is -2.32. The van der Waals surface area contributed by atoms with E-state index in [0.29, 0.717) is 5.92 Å². The predicted octanol–water partition coefficient (Wildman–Crippen LogP) is 2.09. The van der Waals surface area contributed by atoms with Crippen molar-refractivity contribution in [3.63, 3.8) is 0 Å². The Hall–Kier alpha value is -0.530. The van der Waals surface area contributed by atoms with Gasteiger partial charge in [0.25, 0.3) is 0 Å². The van der Waals surface area contributed by atoms with E-state index >= 15 is 0 Å². The number of hydrogen-bond donors (Lipinski definition) is 1. The van der Waals surface area contributed by atoms with Crippen LogP contribution >= 0.6 is 0 Å². The summed E-state index contributed by atoms with van der Waals surface area (Å²) in [4.78, 5) is 11.2. The molecular weight excluding hydrogens is 162 g/mol. The van der Waals surface area contributed by atoms with Gasteiger partial charge in [-0.1, -0.05) is 32.1 Å². The lowest BCUT2D eigenvalue weighted by Crippen LogP contribution is -2.36. The molecule has 2 rings (SSSR count). The summed E-state index contributed by atoms with van der Waals surface area (Å²) in [6.07, 6.45) is 8.96. The number of amides is 1. The molecule has 2 heteroatoms. The Kier molecular flexibility index (Phi) is 2.87. The van der Waals surface area contributed by atoms with Crippen molar-refractivity contribution in [1.29, 1.82) is 0 Å². The van der Waals surface area contributed by atoms with Gasteiger partial charge in [0.1, 0.15) is 0 Å². The average Bonchev–Trinajstić information content (AvgIpc) is 2.19. The molecule has 2 aliphatic rings. The third kappa shape index (κ3) is 2.23. The number of nitrogens with one attached hydrogen (secondary N) is 1. The maximum atomic E-state index is 11.2. The molecule has 0 aromatic rings. The van der Waals surface area contributed by atoms with Crippen molar-refractivity contribution >= 4 is 5.91 Å². The molecule has 1 saturated heterocycles. The summed E-state index contributed by atoms with van der Waals surface area (Å²) in [7, 11) is 0. The van der Waals surface area contributed by atoms with Crippen LogP contribution in [0.15, 0.2) is 0 Å². The first-order valence-electron chi connectivity index (χ1n) is 5.63. The number of hydrogen-bond acceptors (Lipinski definition) is 1. The molecule has 1 aliphatic heterocycles. The SMILES string of the molecule is O=C1C[C@@H](C2CCCCC2)CCN1. The highest BCUT2D eigenvalue weighted by atomic mass is 16.1. The van der Waals surface area contributed by atoms with Crippen molar-refractivity contribution in [3.8, 4) is 0 Å². The molecule has 2 fully saturated rings. The maximum Gasteiger partial charge on any atom is 0.220 e. The van der Waals surface area contributed by atoms with E-state index in [0.717, 1.165) is 18.9 Å². The van der Waals surface area contributed by atoms with Crippen molar-refractivity contribution in [1.82, 2.24) is 5.32 Å². The second-order valence-corrected chi connectivity index (χ2v) is 4.50. The monoisotopic (exact) mass is 181 g/mol. The third-order valence-corrected chi connectivity index (χ3v) is 3.60. The molecule has 1 amide bonds. The van der Waals surface area contributed by atoms with Gasteiger partial charge in [0.2, 0.25) is 5.91 Å². The van der Waals surface area contributed by atoms with Crippen LogP contribution in [0.2, 0.25) is 0 Å². The lowest BCUT2D eigenvalue weighted by atomic mass is 9.76. The number of piperidine rings is 1. The van der Waals surface area contributed by atoms with E-state index in [1.54, 1.807) is 0 Å². The van der Waals surface area contributed by atoms with Gasteiger partial charge in [0, 0.05) is 13.0 Å². The van der Waals surface area contributed by atoms with Gasteiger partial charge in [-0.25, -0.2) is 0 Å². The normalized spacial score (nSPS) is 31.4. The van der Waals surface area contributed by atoms with Crippen molar-refractivity contribution in [2.75, 3.05) is 6.54 Å². The third-order valence-electron chi connectivity index (χ3n) is 3.60. The molecular formula is C11H19NO. The van der Waals surface area contributed by atoms with Crippen LogP contribution in [0.4, 0.5) is 0 Å². The standard InChI is InChI=1S/C11H19NO/c13-11-8-10(6-7-12-11)9-4-2-1-3-5-9/h9-10H,1-8H2,(H,12,13)/t10-/m0/s1. The first-order chi connectivity index (χ1) is 6.36. The summed E-state index contributed by atoms with van der Waals surface area (Å²) in [6.45, 7) is 0.917. The second-order valence-electron chi connectivity index (χ2n) is 4.50. The van der Waals surface area contributed by atoms with Crippen LogP contribution in [0.5, 0.6) is 0 Å². The molecule has 1 atom stereocenters. The van der Waals surface area contributed by atoms with E-state index < -0.39 is 0 Å². The molecule has 0 aromatic carbocycles. The zero-order valence-electron chi connectivity index (χ0n) is 8.22. The highest BCUT2D eigenvalue weighted by molar-refractivity contribution is 5.76. The average molecular weight is 181 g/mol. The molecule has 1 N–H and O–H groups in total. The van der Waals surface area contributed by atoms with E-state index in [1.165, 1.54) is 38.5 Å². The Morgan fingerprint density at radius 2 is 1.77 bits per heavy atom. The molecule has 1 saturated carbocycles. The summed E-state index contributed by atoms with van der Waals surface area (Å²) in [5.41, 5.74) is 0. The van der Waals surface area contributed by atoms with Gasteiger partial charge in [0.15, 0.2) is 0 Å². The first kappa shape index (κ1) is 9.04. The van der Waals surface area contributed by atoms with Gasteiger partial charge in [-0.2, -0.15) is 0 Å². The molecule has 0 bridgehead atoms. The smallest absolute Gasteiger partial charge is 0.220 e. The molecule has 13 heavy (non-hydrogen) atoms. The first-order valence-corrected chi connectivity index (χ1v) is 5.63. The minimum atomic E-state index is 0.279. The van der Waals surface area contributed by atoms with Crippen LogP contribution in [0, 0.1) is 11.8 Å². The minimum absolute atomic E-state index is 0.279. The Morgan fingerprint density at radius 1 is 1.00 bits per heavy atom. The van der Waals surface area contributed by atoms with E-state index in [4.69, 9.17) is 0 Å². The zero-order valence-corrected chi connectivity index (χ0v) is 8.22.